The Balaban J connectivity index is 0.000000356. The average molecular weight is 324 g/mol. The fraction of sp³-hybridized carbons (Fsp3) is 0.400. The Morgan fingerprint density at radius 1 is 0.842 bits per heavy atom. The molecule has 0 aliphatic rings. The number of hydrogen-bond donors (Lipinski definition) is 0. The van der Waals surface area contributed by atoms with Crippen LogP contribution < -0.4 is 0 Å². The first-order valence-electron chi connectivity index (χ1n) is 4.70. The molecule has 0 bridgehead atoms. The van der Waals surface area contributed by atoms with Crippen LogP contribution in [0, 0.1) is 13.8 Å². The molecule has 0 heterocycles. The van der Waals surface area contributed by atoms with E-state index in [0.29, 0.717) is 0 Å². The molecule has 1 rings (SSSR count). The minimum atomic E-state index is -4.81. The topological polar surface area (TPSA) is 9.23 Å². The molecular weight excluding hydrogens is 314 g/mol. The van der Waals surface area contributed by atoms with E-state index in [1.807, 2.05) is 0 Å². The smallest absolute Gasteiger partial charge is 0.229 e. The van der Waals surface area contributed by atoms with Crippen LogP contribution in [0.5, 0.6) is 0 Å². The molecule has 19 heavy (non-hydrogen) atoms. The van der Waals surface area contributed by atoms with Crippen LogP contribution in [-0.4, -0.2) is 11.0 Å². The summed E-state index contributed by atoms with van der Waals surface area (Å²) in [6.45, 7) is 4.21. The number of aryl methyl sites for hydroxylation is 2. The maximum Gasteiger partial charge on any atom is 0.469 e. The lowest BCUT2D eigenvalue weighted by Crippen LogP contribution is -2.03. The molecule has 1 nitrogen and oxygen atoms in total. The molecule has 0 radical (unpaired) electrons. The Morgan fingerprint density at radius 3 is 1.42 bits per heavy atom. The van der Waals surface area contributed by atoms with Crippen LogP contribution in [0.2, 0.25) is 0 Å². The van der Waals surface area contributed by atoms with E-state index in [2.05, 4.69) is 41.7 Å². The summed E-state index contributed by atoms with van der Waals surface area (Å²) in [6.07, 6.45) is 0. The molecular formula is C10H10F6OS2. The summed E-state index contributed by atoms with van der Waals surface area (Å²) in [5.74, 6) is 0. The fourth-order valence-corrected chi connectivity index (χ4v) is 1.65. The van der Waals surface area contributed by atoms with Crippen LogP contribution >= 0.6 is 24.1 Å². The zero-order valence-corrected chi connectivity index (χ0v) is 11.4. The van der Waals surface area contributed by atoms with Gasteiger partial charge in [0, 0.05) is 0 Å². The van der Waals surface area contributed by atoms with E-state index in [-0.39, 0.29) is 0 Å². The van der Waals surface area contributed by atoms with Crippen molar-refractivity contribution in [3.8, 4) is 0 Å². The summed E-state index contributed by atoms with van der Waals surface area (Å²) in [6, 6.07) is 8.45. The van der Waals surface area contributed by atoms with Crippen molar-refractivity contribution in [2.75, 3.05) is 0 Å². The lowest BCUT2D eigenvalue weighted by Gasteiger charge is -2.05. The highest BCUT2D eigenvalue weighted by Crippen LogP contribution is 2.40. The molecule has 0 aromatic heterocycles. The van der Waals surface area contributed by atoms with Gasteiger partial charge in [-0.25, -0.2) is 3.63 Å². The van der Waals surface area contributed by atoms with Crippen LogP contribution in [0.15, 0.2) is 24.3 Å². The predicted octanol–water partition coefficient (Wildman–Crippen LogP) is 5.64. The molecule has 0 atom stereocenters. The van der Waals surface area contributed by atoms with E-state index in [4.69, 9.17) is 0 Å². The Hall–Kier alpha value is -0.540. The Morgan fingerprint density at radius 2 is 1.21 bits per heavy atom. The van der Waals surface area contributed by atoms with Gasteiger partial charge in [0.2, 0.25) is 0 Å². The van der Waals surface area contributed by atoms with E-state index in [1.54, 1.807) is 0 Å². The molecule has 110 valence electrons. The monoisotopic (exact) mass is 324 g/mol. The summed E-state index contributed by atoms with van der Waals surface area (Å²) < 4.78 is 69.7. The summed E-state index contributed by atoms with van der Waals surface area (Å²) in [4.78, 5) is 0. The van der Waals surface area contributed by atoms with Crippen molar-refractivity contribution in [3.63, 3.8) is 0 Å². The molecule has 0 unspecified atom stereocenters. The predicted molar refractivity (Wildman–Crippen MR) is 64.3 cm³/mol. The third-order valence-electron chi connectivity index (χ3n) is 1.43. The van der Waals surface area contributed by atoms with Crippen LogP contribution in [0.4, 0.5) is 26.3 Å². The highest BCUT2D eigenvalue weighted by atomic mass is 32.2. The highest BCUT2D eigenvalue weighted by molar-refractivity contribution is 8.08. The number of benzene rings is 1. The van der Waals surface area contributed by atoms with E-state index in [0.717, 1.165) is 0 Å². The second-order valence-corrected chi connectivity index (χ2v) is 5.09. The lowest BCUT2D eigenvalue weighted by atomic mass is 10.2. The molecule has 0 aliphatic carbocycles. The van der Waals surface area contributed by atoms with E-state index in [1.165, 1.54) is 11.1 Å². The molecule has 0 aliphatic heterocycles. The van der Waals surface area contributed by atoms with Crippen molar-refractivity contribution in [1.29, 1.82) is 0 Å². The van der Waals surface area contributed by atoms with Gasteiger partial charge in [-0.2, -0.15) is 26.3 Å². The van der Waals surface area contributed by atoms with Gasteiger partial charge < -0.3 is 0 Å². The Kier molecular flexibility index (Phi) is 7.68. The largest absolute Gasteiger partial charge is 0.469 e. The van der Waals surface area contributed by atoms with E-state index in [9.17, 15) is 26.3 Å². The number of alkyl halides is 6. The first-order valence-corrected chi connectivity index (χ1v) is 6.18. The molecule has 0 amide bonds. The molecule has 0 fully saturated rings. The minimum Gasteiger partial charge on any atom is -0.229 e. The minimum absolute atomic E-state index is 1.20. The van der Waals surface area contributed by atoms with Crippen LogP contribution in [-0.2, 0) is 3.63 Å². The van der Waals surface area contributed by atoms with Gasteiger partial charge in [0.25, 0.3) is 0 Å². The standard InChI is InChI=1S/C8H10.C2F6OS2/c1-7-4-3-5-8(2)6-7;3-1(4,5)10-9-11-2(6,7)8/h3-6H,1-2H3;. The van der Waals surface area contributed by atoms with Crippen molar-refractivity contribution in [2.24, 2.45) is 0 Å². The quantitative estimate of drug-likeness (QED) is 0.514. The van der Waals surface area contributed by atoms with Crippen molar-refractivity contribution in [1.82, 2.24) is 0 Å². The zero-order valence-electron chi connectivity index (χ0n) is 9.80. The summed E-state index contributed by atoms with van der Waals surface area (Å²) in [7, 11) is 0. The van der Waals surface area contributed by atoms with Gasteiger partial charge in [-0.05, 0) is 13.8 Å². The van der Waals surface area contributed by atoms with Gasteiger partial charge in [0.1, 0.15) is 24.1 Å². The number of rotatable bonds is 2. The third-order valence-corrected chi connectivity index (χ3v) is 2.35. The van der Waals surface area contributed by atoms with Crippen LogP contribution in [0.3, 0.4) is 0 Å². The first kappa shape index (κ1) is 18.5. The molecule has 1 aromatic carbocycles. The second-order valence-electron chi connectivity index (χ2n) is 3.28. The van der Waals surface area contributed by atoms with Crippen LogP contribution in [0.1, 0.15) is 11.1 Å². The van der Waals surface area contributed by atoms with Crippen molar-refractivity contribution in [3.05, 3.63) is 35.4 Å². The van der Waals surface area contributed by atoms with E-state index >= 15 is 0 Å². The van der Waals surface area contributed by atoms with Gasteiger partial charge in [-0.1, -0.05) is 35.4 Å². The van der Waals surface area contributed by atoms with E-state index < -0.39 is 35.1 Å². The summed E-state index contributed by atoms with van der Waals surface area (Å²) in [5.41, 5.74) is -6.94. The average Bonchev–Trinajstić information content (AvgIpc) is 2.13. The maximum atomic E-state index is 11.1. The molecule has 0 spiro atoms. The summed E-state index contributed by atoms with van der Waals surface area (Å²) in [5, 5.41) is 0. The fourth-order valence-electron chi connectivity index (χ4n) is 0.901. The Labute approximate surface area is 115 Å². The number of halogens is 6. The SMILES string of the molecule is Cc1cccc(C)c1.FC(F)(F)SOSC(F)(F)F. The van der Waals surface area contributed by atoms with Crippen molar-refractivity contribution in [2.45, 2.75) is 24.9 Å². The molecule has 1 aromatic rings. The van der Waals surface area contributed by atoms with Gasteiger partial charge >= 0.3 is 11.0 Å². The molecule has 0 saturated heterocycles. The molecule has 0 N–H and O–H groups in total. The maximum absolute atomic E-state index is 11.1. The van der Waals surface area contributed by atoms with Gasteiger partial charge in [0.05, 0.1) is 0 Å². The molecule has 9 heteroatoms. The van der Waals surface area contributed by atoms with Crippen molar-refractivity contribution >= 4 is 24.1 Å². The zero-order chi connectivity index (χ0) is 15.1. The van der Waals surface area contributed by atoms with Crippen LogP contribution in [0.25, 0.3) is 0 Å². The third kappa shape index (κ3) is 13.7. The second kappa shape index (κ2) is 7.91. The van der Waals surface area contributed by atoms with Gasteiger partial charge in [-0.3, -0.25) is 0 Å². The lowest BCUT2D eigenvalue weighted by molar-refractivity contribution is -0.0416. The van der Waals surface area contributed by atoms with Crippen molar-refractivity contribution < 1.29 is 30.0 Å². The molecule has 0 saturated carbocycles. The van der Waals surface area contributed by atoms with Gasteiger partial charge in [0.15, 0.2) is 0 Å². The summed E-state index contributed by atoms with van der Waals surface area (Å²) >= 11 is -2.39. The Bertz CT molecular complexity index is 346. The number of hydrogen-bond acceptors (Lipinski definition) is 3. The normalized spacial score (nSPS) is 11.8. The van der Waals surface area contributed by atoms with Gasteiger partial charge in [-0.15, -0.1) is 0 Å². The first-order chi connectivity index (χ1) is 8.49. The highest BCUT2D eigenvalue weighted by Gasteiger charge is 2.36.